The molecule has 0 saturated carbocycles. The fourth-order valence-corrected chi connectivity index (χ4v) is 4.86. The molecule has 0 spiro atoms. The molecule has 4 rings (SSSR count). The van der Waals surface area contributed by atoms with E-state index in [1.165, 1.54) is 23.7 Å². The molecule has 1 N–H and O–H groups in total. The summed E-state index contributed by atoms with van der Waals surface area (Å²) < 4.78 is 6.33. The minimum atomic E-state index is -0.0528. The number of rotatable bonds is 6. The first-order valence-corrected chi connectivity index (χ1v) is 11.0. The van der Waals surface area contributed by atoms with Crippen LogP contribution in [0.1, 0.15) is 12.5 Å². The smallest absolute Gasteiger partial charge is 0.234 e. The highest BCUT2D eigenvalue weighted by Gasteiger charge is 2.18. The lowest BCUT2D eigenvalue weighted by Gasteiger charge is -2.25. The molecule has 0 bridgehead atoms. The van der Waals surface area contributed by atoms with Crippen LogP contribution in [0.5, 0.6) is 0 Å². The van der Waals surface area contributed by atoms with Gasteiger partial charge in [-0.3, -0.25) is 4.79 Å². The van der Waals surface area contributed by atoms with Crippen molar-refractivity contribution in [3.8, 4) is 0 Å². The van der Waals surface area contributed by atoms with Gasteiger partial charge in [0.15, 0.2) is 10.8 Å². The van der Waals surface area contributed by atoms with Gasteiger partial charge in [0.25, 0.3) is 0 Å². The fourth-order valence-electron chi connectivity index (χ4n) is 2.92. The Hall–Kier alpha value is -2.23. The summed E-state index contributed by atoms with van der Waals surface area (Å²) in [6, 6.07) is 7.92. The highest BCUT2D eigenvalue weighted by Crippen LogP contribution is 2.34. The van der Waals surface area contributed by atoms with Crippen molar-refractivity contribution in [3.05, 3.63) is 36.2 Å². The van der Waals surface area contributed by atoms with Crippen molar-refractivity contribution < 1.29 is 9.53 Å². The van der Waals surface area contributed by atoms with Crippen LogP contribution in [0.4, 0.5) is 10.8 Å². The number of thioether (sulfide) groups is 1. The quantitative estimate of drug-likeness (QED) is 0.489. The maximum absolute atomic E-state index is 12.4. The molecule has 1 saturated heterocycles. The molecule has 1 fully saturated rings. The number of carbonyl (C=O) groups excluding carboxylic acids is 1. The SMILES string of the molecule is CCc1cccc(NC(=O)CSc2ncnc3nc(N4CCOCC4)sc23)c1. The van der Waals surface area contributed by atoms with E-state index in [-0.39, 0.29) is 11.7 Å². The van der Waals surface area contributed by atoms with Gasteiger partial charge in [0.1, 0.15) is 16.1 Å². The summed E-state index contributed by atoms with van der Waals surface area (Å²) in [4.78, 5) is 27.9. The van der Waals surface area contributed by atoms with E-state index in [0.717, 1.165) is 40.1 Å². The summed E-state index contributed by atoms with van der Waals surface area (Å²) in [6.45, 7) is 5.17. The highest BCUT2D eigenvalue weighted by atomic mass is 32.2. The molecule has 1 aromatic carbocycles. The first-order valence-electron chi connectivity index (χ1n) is 9.18. The molecule has 0 aliphatic carbocycles. The minimum absolute atomic E-state index is 0.0528. The lowest BCUT2D eigenvalue weighted by Crippen LogP contribution is -2.36. The standard InChI is InChI=1S/C19H21N5O2S2/c1-2-13-4-3-5-14(10-13)22-15(25)11-27-18-16-17(20-12-21-18)23-19(28-16)24-6-8-26-9-7-24/h3-5,10,12H,2,6-9,11H2,1H3,(H,22,25). The van der Waals surface area contributed by atoms with Gasteiger partial charge in [0.05, 0.1) is 19.0 Å². The number of amides is 1. The van der Waals surface area contributed by atoms with Gasteiger partial charge < -0.3 is 15.0 Å². The number of benzene rings is 1. The number of nitrogens with one attached hydrogen (secondary N) is 1. The number of morpholine rings is 1. The molecule has 3 aromatic rings. The summed E-state index contributed by atoms with van der Waals surface area (Å²) in [5.41, 5.74) is 2.70. The largest absolute Gasteiger partial charge is 0.378 e. The summed E-state index contributed by atoms with van der Waals surface area (Å²) in [5, 5.41) is 4.68. The second kappa shape index (κ2) is 8.85. The first kappa shape index (κ1) is 19.1. The Morgan fingerprint density at radius 1 is 1.32 bits per heavy atom. The number of carbonyl (C=O) groups is 1. The lowest BCUT2D eigenvalue weighted by molar-refractivity contribution is -0.113. The van der Waals surface area contributed by atoms with Gasteiger partial charge in [0.2, 0.25) is 5.91 Å². The van der Waals surface area contributed by atoms with Crippen molar-refractivity contribution in [1.82, 2.24) is 15.0 Å². The van der Waals surface area contributed by atoms with Gasteiger partial charge in [-0.1, -0.05) is 42.2 Å². The molecule has 3 heterocycles. The zero-order valence-electron chi connectivity index (χ0n) is 15.6. The van der Waals surface area contributed by atoms with Gasteiger partial charge in [-0.15, -0.1) is 0 Å². The summed E-state index contributed by atoms with van der Waals surface area (Å²) in [5.74, 6) is 0.232. The van der Waals surface area contributed by atoms with Crippen LogP contribution in [0.3, 0.4) is 0 Å². The number of anilines is 2. The summed E-state index contributed by atoms with van der Waals surface area (Å²) in [7, 11) is 0. The van der Waals surface area contributed by atoms with Crippen molar-refractivity contribution in [2.45, 2.75) is 18.4 Å². The van der Waals surface area contributed by atoms with Gasteiger partial charge in [-0.2, -0.15) is 4.98 Å². The van der Waals surface area contributed by atoms with Gasteiger partial charge in [-0.25, -0.2) is 9.97 Å². The van der Waals surface area contributed by atoms with Gasteiger partial charge >= 0.3 is 0 Å². The molecule has 1 aliphatic heterocycles. The second-order valence-electron chi connectivity index (χ2n) is 6.32. The third-order valence-electron chi connectivity index (χ3n) is 4.39. The molecule has 1 amide bonds. The van der Waals surface area contributed by atoms with Crippen LogP contribution in [-0.4, -0.2) is 52.9 Å². The zero-order chi connectivity index (χ0) is 19.3. The molecule has 2 aromatic heterocycles. The normalized spacial score (nSPS) is 14.4. The van der Waals surface area contributed by atoms with Crippen LogP contribution in [0.25, 0.3) is 10.3 Å². The van der Waals surface area contributed by atoms with E-state index in [1.54, 1.807) is 11.3 Å². The average molecular weight is 416 g/mol. The Kier molecular flexibility index (Phi) is 6.04. The number of hydrogen-bond donors (Lipinski definition) is 1. The topological polar surface area (TPSA) is 80.2 Å². The molecule has 0 radical (unpaired) electrons. The molecule has 1 aliphatic rings. The number of fused-ring (bicyclic) bond motifs is 1. The van der Waals surface area contributed by atoms with Crippen molar-refractivity contribution in [1.29, 1.82) is 0 Å². The maximum Gasteiger partial charge on any atom is 0.234 e. The number of ether oxygens (including phenoxy) is 1. The molecular formula is C19H21N5O2S2. The van der Waals surface area contributed by atoms with E-state index >= 15 is 0 Å². The van der Waals surface area contributed by atoms with Crippen LogP contribution in [-0.2, 0) is 16.0 Å². The predicted molar refractivity (Wildman–Crippen MR) is 113 cm³/mol. The number of aromatic nitrogens is 3. The van der Waals surface area contributed by atoms with Gasteiger partial charge in [-0.05, 0) is 24.1 Å². The van der Waals surface area contributed by atoms with E-state index < -0.39 is 0 Å². The van der Waals surface area contributed by atoms with Crippen molar-refractivity contribution >= 4 is 50.2 Å². The third kappa shape index (κ3) is 4.43. The third-order valence-corrected chi connectivity index (χ3v) is 6.62. The lowest BCUT2D eigenvalue weighted by atomic mass is 10.1. The van der Waals surface area contributed by atoms with E-state index in [2.05, 4.69) is 38.2 Å². The molecular weight excluding hydrogens is 394 g/mol. The van der Waals surface area contributed by atoms with E-state index in [1.807, 2.05) is 18.2 Å². The van der Waals surface area contributed by atoms with Crippen molar-refractivity contribution in [3.63, 3.8) is 0 Å². The van der Waals surface area contributed by atoms with E-state index in [4.69, 9.17) is 4.74 Å². The van der Waals surface area contributed by atoms with Crippen LogP contribution >= 0.6 is 23.1 Å². The monoisotopic (exact) mass is 415 g/mol. The fraction of sp³-hybridized carbons (Fsp3) is 0.368. The number of thiazole rings is 1. The molecule has 0 atom stereocenters. The summed E-state index contributed by atoms with van der Waals surface area (Å²) >= 11 is 2.98. The van der Waals surface area contributed by atoms with Crippen LogP contribution < -0.4 is 10.2 Å². The number of nitrogens with zero attached hydrogens (tertiary/aromatic N) is 4. The van der Waals surface area contributed by atoms with Crippen LogP contribution in [0.15, 0.2) is 35.6 Å². The zero-order valence-corrected chi connectivity index (χ0v) is 17.2. The summed E-state index contributed by atoms with van der Waals surface area (Å²) in [6.07, 6.45) is 2.45. The first-order chi connectivity index (χ1) is 13.7. The van der Waals surface area contributed by atoms with E-state index in [0.29, 0.717) is 18.9 Å². The Labute approximate surface area is 171 Å². The molecule has 7 nitrogen and oxygen atoms in total. The van der Waals surface area contributed by atoms with Gasteiger partial charge in [0, 0.05) is 18.8 Å². The molecule has 9 heteroatoms. The number of hydrogen-bond acceptors (Lipinski definition) is 8. The Bertz CT molecular complexity index is 972. The van der Waals surface area contributed by atoms with Crippen molar-refractivity contribution in [2.75, 3.05) is 42.3 Å². The maximum atomic E-state index is 12.4. The Balaban J connectivity index is 1.43. The Morgan fingerprint density at radius 2 is 2.18 bits per heavy atom. The number of aryl methyl sites for hydroxylation is 1. The average Bonchev–Trinajstić information content (AvgIpc) is 3.18. The van der Waals surface area contributed by atoms with E-state index in [9.17, 15) is 4.79 Å². The minimum Gasteiger partial charge on any atom is -0.378 e. The molecule has 146 valence electrons. The van der Waals surface area contributed by atoms with Crippen LogP contribution in [0, 0.1) is 0 Å². The second-order valence-corrected chi connectivity index (χ2v) is 8.26. The molecule has 0 unspecified atom stereocenters. The Morgan fingerprint density at radius 3 is 3.00 bits per heavy atom. The molecule has 28 heavy (non-hydrogen) atoms. The van der Waals surface area contributed by atoms with Crippen LogP contribution in [0.2, 0.25) is 0 Å². The van der Waals surface area contributed by atoms with Crippen molar-refractivity contribution in [2.24, 2.45) is 0 Å². The predicted octanol–water partition coefficient (Wildman–Crippen LogP) is 3.22. The highest BCUT2D eigenvalue weighted by molar-refractivity contribution is 8.00.